The standard InChI is InChI=1S/C23H26N2/c1-16(2)6-4-5-7-19-15-20-14-17(3)8-13-22(20)25-23(19)18-9-11-21(24)12-10-18/h8-15H,1,4-7,24H2,2-3H3. The summed E-state index contributed by atoms with van der Waals surface area (Å²) < 4.78 is 0. The number of aryl methyl sites for hydroxylation is 2. The van der Waals surface area contributed by atoms with Gasteiger partial charge in [0.25, 0.3) is 0 Å². The van der Waals surface area contributed by atoms with Crippen molar-refractivity contribution in [2.75, 3.05) is 5.73 Å². The Morgan fingerprint density at radius 1 is 1.04 bits per heavy atom. The van der Waals surface area contributed by atoms with Crippen molar-refractivity contribution in [1.29, 1.82) is 0 Å². The van der Waals surface area contributed by atoms with Crippen molar-refractivity contribution in [3.8, 4) is 11.3 Å². The molecule has 0 radical (unpaired) electrons. The maximum absolute atomic E-state index is 5.85. The average Bonchev–Trinajstić information content (AvgIpc) is 2.58. The van der Waals surface area contributed by atoms with E-state index in [0.717, 1.165) is 41.7 Å². The number of fused-ring (bicyclic) bond motifs is 1. The predicted molar refractivity (Wildman–Crippen MR) is 109 cm³/mol. The van der Waals surface area contributed by atoms with Gasteiger partial charge in [-0.3, -0.25) is 0 Å². The molecule has 0 aliphatic heterocycles. The first kappa shape index (κ1) is 17.2. The summed E-state index contributed by atoms with van der Waals surface area (Å²) >= 11 is 0. The number of pyridine rings is 1. The number of nitrogens with two attached hydrogens (primary N) is 1. The van der Waals surface area contributed by atoms with E-state index in [-0.39, 0.29) is 0 Å². The van der Waals surface area contributed by atoms with Gasteiger partial charge in [-0.2, -0.15) is 0 Å². The van der Waals surface area contributed by atoms with Crippen molar-refractivity contribution in [3.63, 3.8) is 0 Å². The maximum atomic E-state index is 5.85. The van der Waals surface area contributed by atoms with Crippen LogP contribution in [0, 0.1) is 6.92 Å². The fourth-order valence-electron chi connectivity index (χ4n) is 3.16. The zero-order chi connectivity index (χ0) is 17.8. The highest BCUT2D eigenvalue weighted by molar-refractivity contribution is 5.84. The Labute approximate surface area is 150 Å². The van der Waals surface area contributed by atoms with Gasteiger partial charge >= 0.3 is 0 Å². The molecule has 128 valence electrons. The Balaban J connectivity index is 1.99. The van der Waals surface area contributed by atoms with E-state index in [2.05, 4.69) is 56.8 Å². The topological polar surface area (TPSA) is 38.9 Å². The minimum atomic E-state index is 0.781. The van der Waals surface area contributed by atoms with Crippen LogP contribution in [0.3, 0.4) is 0 Å². The van der Waals surface area contributed by atoms with Crippen LogP contribution in [0.15, 0.2) is 60.7 Å². The molecule has 3 rings (SSSR count). The molecule has 1 aromatic heterocycles. The molecular formula is C23H26N2. The summed E-state index contributed by atoms with van der Waals surface area (Å²) in [6.45, 7) is 8.22. The monoisotopic (exact) mass is 330 g/mol. The molecule has 25 heavy (non-hydrogen) atoms. The molecule has 2 aromatic carbocycles. The third kappa shape index (κ3) is 4.27. The predicted octanol–water partition coefficient (Wildman–Crippen LogP) is 6.08. The Morgan fingerprint density at radius 3 is 2.52 bits per heavy atom. The lowest BCUT2D eigenvalue weighted by atomic mass is 9.97. The number of hydrogen-bond donors (Lipinski definition) is 1. The zero-order valence-corrected chi connectivity index (χ0v) is 15.2. The van der Waals surface area contributed by atoms with Crippen molar-refractivity contribution in [2.45, 2.75) is 39.5 Å². The van der Waals surface area contributed by atoms with E-state index in [4.69, 9.17) is 10.7 Å². The van der Waals surface area contributed by atoms with Crippen LogP contribution in [0.4, 0.5) is 5.69 Å². The lowest BCUT2D eigenvalue weighted by molar-refractivity contribution is 0.731. The second-order valence-corrected chi connectivity index (χ2v) is 6.98. The molecule has 0 atom stereocenters. The SMILES string of the molecule is C=C(C)CCCCc1cc2cc(C)ccc2nc1-c1ccc(N)cc1. The lowest BCUT2D eigenvalue weighted by Gasteiger charge is -2.12. The van der Waals surface area contributed by atoms with E-state index >= 15 is 0 Å². The van der Waals surface area contributed by atoms with Gasteiger partial charge < -0.3 is 5.73 Å². The fourth-order valence-corrected chi connectivity index (χ4v) is 3.16. The molecule has 0 saturated heterocycles. The number of anilines is 1. The minimum Gasteiger partial charge on any atom is -0.399 e. The van der Waals surface area contributed by atoms with Gasteiger partial charge in [0, 0.05) is 16.6 Å². The van der Waals surface area contributed by atoms with Crippen molar-refractivity contribution >= 4 is 16.6 Å². The highest BCUT2D eigenvalue weighted by Crippen LogP contribution is 2.28. The van der Waals surface area contributed by atoms with Crippen LogP contribution in [0.1, 0.15) is 37.3 Å². The van der Waals surface area contributed by atoms with Crippen LogP contribution in [-0.4, -0.2) is 4.98 Å². The molecule has 2 heteroatoms. The Kier molecular flexibility index (Phi) is 5.18. The van der Waals surface area contributed by atoms with E-state index in [9.17, 15) is 0 Å². The molecular weight excluding hydrogens is 304 g/mol. The number of unbranched alkanes of at least 4 members (excludes halogenated alkanes) is 1. The zero-order valence-electron chi connectivity index (χ0n) is 15.2. The smallest absolute Gasteiger partial charge is 0.0741 e. The molecule has 2 N–H and O–H groups in total. The first-order chi connectivity index (χ1) is 12.0. The van der Waals surface area contributed by atoms with Crippen molar-refractivity contribution < 1.29 is 0 Å². The molecule has 0 saturated carbocycles. The quantitative estimate of drug-likeness (QED) is 0.338. The second-order valence-electron chi connectivity index (χ2n) is 6.98. The molecule has 2 nitrogen and oxygen atoms in total. The average molecular weight is 330 g/mol. The summed E-state index contributed by atoms with van der Waals surface area (Å²) in [5.41, 5.74) is 13.7. The molecule has 0 aliphatic carbocycles. The molecule has 0 bridgehead atoms. The number of benzene rings is 2. The molecule has 0 amide bonds. The number of aromatic nitrogens is 1. The summed E-state index contributed by atoms with van der Waals surface area (Å²) in [4.78, 5) is 4.97. The Morgan fingerprint density at radius 2 is 1.80 bits per heavy atom. The van der Waals surface area contributed by atoms with Crippen LogP contribution >= 0.6 is 0 Å². The molecule has 1 heterocycles. The Bertz CT molecular complexity index is 892. The van der Waals surface area contributed by atoms with Crippen molar-refractivity contribution in [1.82, 2.24) is 4.98 Å². The number of rotatable bonds is 6. The van der Waals surface area contributed by atoms with Gasteiger partial charge in [0.1, 0.15) is 0 Å². The van der Waals surface area contributed by atoms with E-state index in [0.29, 0.717) is 0 Å². The van der Waals surface area contributed by atoms with Crippen LogP contribution in [0.2, 0.25) is 0 Å². The van der Waals surface area contributed by atoms with E-state index < -0.39 is 0 Å². The van der Waals surface area contributed by atoms with Crippen LogP contribution in [-0.2, 0) is 6.42 Å². The molecule has 0 spiro atoms. The van der Waals surface area contributed by atoms with Gasteiger partial charge in [0.2, 0.25) is 0 Å². The molecule has 0 unspecified atom stereocenters. The van der Waals surface area contributed by atoms with Crippen LogP contribution in [0.25, 0.3) is 22.2 Å². The first-order valence-electron chi connectivity index (χ1n) is 8.93. The molecule has 0 fully saturated rings. The fraction of sp³-hybridized carbons (Fsp3) is 0.261. The van der Waals surface area contributed by atoms with E-state index in [1.807, 2.05) is 12.1 Å². The summed E-state index contributed by atoms with van der Waals surface area (Å²) in [6, 6.07) is 16.8. The third-order valence-electron chi connectivity index (χ3n) is 4.53. The third-order valence-corrected chi connectivity index (χ3v) is 4.53. The summed E-state index contributed by atoms with van der Waals surface area (Å²) in [5.74, 6) is 0. The molecule has 0 aliphatic rings. The summed E-state index contributed by atoms with van der Waals surface area (Å²) in [5, 5.41) is 1.22. The van der Waals surface area contributed by atoms with Gasteiger partial charge in [-0.1, -0.05) is 29.3 Å². The van der Waals surface area contributed by atoms with Gasteiger partial charge in [0.15, 0.2) is 0 Å². The van der Waals surface area contributed by atoms with Crippen molar-refractivity contribution in [2.24, 2.45) is 0 Å². The van der Waals surface area contributed by atoms with Crippen LogP contribution < -0.4 is 5.73 Å². The van der Waals surface area contributed by atoms with Gasteiger partial charge in [-0.25, -0.2) is 4.98 Å². The minimum absolute atomic E-state index is 0.781. The number of nitrogen functional groups attached to an aromatic ring is 1. The van der Waals surface area contributed by atoms with Gasteiger partial charge in [0.05, 0.1) is 11.2 Å². The van der Waals surface area contributed by atoms with E-state index in [1.165, 1.54) is 28.5 Å². The second kappa shape index (κ2) is 7.52. The van der Waals surface area contributed by atoms with Crippen LogP contribution in [0.5, 0.6) is 0 Å². The summed E-state index contributed by atoms with van der Waals surface area (Å²) in [6.07, 6.45) is 4.44. The van der Waals surface area contributed by atoms with Gasteiger partial charge in [-0.15, -0.1) is 6.58 Å². The molecule has 3 aromatic rings. The number of allylic oxidation sites excluding steroid dienone is 1. The van der Waals surface area contributed by atoms with E-state index in [1.54, 1.807) is 0 Å². The largest absolute Gasteiger partial charge is 0.399 e. The number of nitrogens with zero attached hydrogens (tertiary/aromatic N) is 1. The highest BCUT2D eigenvalue weighted by atomic mass is 14.7. The number of hydrogen-bond acceptors (Lipinski definition) is 2. The van der Waals surface area contributed by atoms with Gasteiger partial charge in [-0.05, 0) is 75.4 Å². The maximum Gasteiger partial charge on any atom is 0.0741 e. The highest BCUT2D eigenvalue weighted by Gasteiger charge is 2.10. The lowest BCUT2D eigenvalue weighted by Crippen LogP contribution is -1.96. The first-order valence-corrected chi connectivity index (χ1v) is 8.93. The Hall–Kier alpha value is -2.61. The summed E-state index contributed by atoms with van der Waals surface area (Å²) in [7, 11) is 0. The van der Waals surface area contributed by atoms with Crippen molar-refractivity contribution in [3.05, 3.63) is 71.8 Å². The normalized spacial score (nSPS) is 11.0.